The largest absolute Gasteiger partial charge is 0.508 e. The van der Waals surface area contributed by atoms with Crippen LogP contribution in [-0.4, -0.2) is 36.1 Å². The van der Waals surface area contributed by atoms with Gasteiger partial charge in [-0.25, -0.2) is 0 Å². The van der Waals surface area contributed by atoms with E-state index in [-0.39, 0.29) is 65.8 Å². The van der Waals surface area contributed by atoms with Crippen LogP contribution in [0, 0.1) is 0 Å². The average Bonchev–Trinajstić information content (AvgIpc) is 3.04. The first-order valence-corrected chi connectivity index (χ1v) is 14.1. The fourth-order valence-corrected chi connectivity index (χ4v) is 3.63. The molecule has 0 aliphatic carbocycles. The number of aromatic hydroxyl groups is 6. The molecule has 6 aromatic carbocycles. The number of para-hydroxylation sites is 4. The van der Waals surface area contributed by atoms with Gasteiger partial charge in [-0.2, -0.15) is 0 Å². The van der Waals surface area contributed by atoms with Crippen LogP contribution in [0.5, 0.6) is 34.5 Å². The van der Waals surface area contributed by atoms with Crippen molar-refractivity contribution in [2.75, 3.05) is 0 Å². The van der Waals surface area contributed by atoms with Crippen LogP contribution in [0.2, 0.25) is 0 Å². The number of benzene rings is 6. The molecule has 0 aliphatic heterocycles. The van der Waals surface area contributed by atoms with E-state index in [0.29, 0.717) is 23.0 Å². The van der Waals surface area contributed by atoms with Crippen molar-refractivity contribution in [3.05, 3.63) is 181 Å². The molecule has 0 fully saturated rings. The molecule has 0 saturated carbocycles. The molecule has 8 N–H and O–H groups in total. The third-order valence-corrected chi connectivity index (χ3v) is 6.20. The zero-order chi connectivity index (χ0) is 32.9. The Morgan fingerprint density at radius 2 is 0.458 bits per heavy atom. The molecule has 248 valence electrons. The molecule has 6 aromatic rings. The molecule has 0 unspecified atom stereocenters. The minimum Gasteiger partial charge on any atom is -0.508 e. The summed E-state index contributed by atoms with van der Waals surface area (Å²) in [4.78, 5) is 0. The van der Waals surface area contributed by atoms with Gasteiger partial charge in [0.05, 0.1) is 0 Å². The first kappa shape index (κ1) is 45.6. The van der Waals surface area contributed by atoms with Gasteiger partial charge in [0.1, 0.15) is 34.5 Å². The summed E-state index contributed by atoms with van der Waals surface area (Å²) in [6.07, 6.45) is 0. The van der Waals surface area contributed by atoms with Gasteiger partial charge >= 0.3 is 0 Å². The maximum absolute atomic E-state index is 9.30. The Hall–Kier alpha value is -4.49. The van der Waals surface area contributed by atoms with Crippen LogP contribution in [-0.2, 0) is 48.9 Å². The third kappa shape index (κ3) is 19.2. The summed E-state index contributed by atoms with van der Waals surface area (Å²) in [5.41, 5.74) is 2.10. The van der Waals surface area contributed by atoms with Gasteiger partial charge in [0.25, 0.3) is 0 Å². The quantitative estimate of drug-likeness (QED) is 0.0994. The normalized spacial score (nSPS) is 9.04. The van der Waals surface area contributed by atoms with Crippen LogP contribution >= 0.6 is 0 Å². The maximum Gasteiger partial charge on any atom is 0.115 e. The summed E-state index contributed by atoms with van der Waals surface area (Å²) in [5.74, 6) is 1.83. The van der Waals surface area contributed by atoms with Crippen molar-refractivity contribution < 1.29 is 79.6 Å². The van der Waals surface area contributed by atoms with E-state index < -0.39 is 0 Å². The molecule has 0 amide bonds. The molecule has 0 atom stereocenters. The van der Waals surface area contributed by atoms with Gasteiger partial charge in [-0.1, -0.05) is 111 Å². The van der Waals surface area contributed by atoms with Gasteiger partial charge in [0.15, 0.2) is 0 Å². The van der Waals surface area contributed by atoms with Gasteiger partial charge in [-0.3, -0.25) is 0 Å². The van der Waals surface area contributed by atoms with Crippen molar-refractivity contribution in [3.63, 3.8) is 0 Å². The second-order valence-corrected chi connectivity index (χ2v) is 10.1. The zero-order valence-corrected chi connectivity index (χ0v) is 30.0. The van der Waals surface area contributed by atoms with Crippen LogP contribution in [0.25, 0.3) is 0 Å². The van der Waals surface area contributed by atoms with Crippen LogP contribution in [0.3, 0.4) is 0 Å². The first-order valence-electron chi connectivity index (χ1n) is 14.1. The average molecular weight is 718 g/mol. The Balaban J connectivity index is 0. The summed E-state index contributed by atoms with van der Waals surface area (Å²) >= 11 is 0. The first-order chi connectivity index (χ1) is 21.6. The molecule has 0 aromatic heterocycles. The summed E-state index contributed by atoms with van der Waals surface area (Å²) in [7, 11) is 0. The minimum absolute atomic E-state index is 0. The molecular weight excluding hydrogens is 676 g/mol. The van der Waals surface area contributed by atoms with Crippen LogP contribution in [0.1, 0.15) is 25.0 Å². The molecule has 0 heterocycles. The van der Waals surface area contributed by atoms with E-state index in [4.69, 9.17) is 20.4 Å². The van der Waals surface area contributed by atoms with Crippen LogP contribution in [0.4, 0.5) is 0 Å². The molecule has 9 heteroatoms. The Kier molecular flexibility index (Phi) is 24.3. The summed E-state index contributed by atoms with van der Waals surface area (Å²) in [6, 6.07) is 49.3. The van der Waals surface area contributed by atoms with Crippen molar-refractivity contribution in [1.29, 1.82) is 0 Å². The van der Waals surface area contributed by atoms with Crippen molar-refractivity contribution in [1.82, 2.24) is 0 Å². The third-order valence-electron chi connectivity index (χ3n) is 6.20. The Bertz CT molecular complexity index is 1390. The van der Waals surface area contributed by atoms with Gasteiger partial charge in [0.2, 0.25) is 0 Å². The molecule has 0 radical (unpaired) electrons. The van der Waals surface area contributed by atoms with E-state index in [9.17, 15) is 10.2 Å². The smallest absolute Gasteiger partial charge is 0.115 e. The Morgan fingerprint density at radius 3 is 0.604 bits per heavy atom. The summed E-state index contributed by atoms with van der Waals surface area (Å²) < 4.78 is 0. The van der Waals surface area contributed by atoms with E-state index >= 15 is 0 Å². The minimum atomic E-state index is -0.151. The number of hydrogen-bond acceptors (Lipinski definition) is 6. The van der Waals surface area contributed by atoms with Crippen molar-refractivity contribution in [3.8, 4) is 34.5 Å². The molecule has 48 heavy (non-hydrogen) atoms. The van der Waals surface area contributed by atoms with Gasteiger partial charge in [-0.05, 0) is 83.9 Å². The SMILES string of the molecule is CC(C)(c1ccc(O)cc1)c1ccc(O)cc1.O.Oc1ccccc1.Oc1ccccc1.Oc1ccccc1.Oc1ccccc1.[Ti].[Ti]. The summed E-state index contributed by atoms with van der Waals surface area (Å²) in [5, 5.41) is 53.1. The fraction of sp³-hybridized carbons (Fsp3) is 0.0769. The second kappa shape index (κ2) is 25.6. The Labute approximate surface area is 312 Å². The standard InChI is InChI=1S/C15H16O2.4C6H6O.H2O.2Ti/c1-15(2,11-3-7-13(16)8-4-11)12-5-9-14(17)10-6-12;4*7-6-4-2-1-3-5-6;;;/h3-10,16-17H,1-2H3;4*1-5,7H;1H2;;. The predicted octanol–water partition coefficient (Wildman–Crippen LogP) is 8.16. The number of phenols is 6. The fourth-order valence-electron chi connectivity index (χ4n) is 3.63. The van der Waals surface area contributed by atoms with E-state index in [1.165, 1.54) is 0 Å². The van der Waals surface area contributed by atoms with Crippen LogP contribution < -0.4 is 0 Å². The monoisotopic (exact) mass is 718 g/mol. The number of rotatable bonds is 2. The maximum atomic E-state index is 9.30. The molecule has 6 rings (SSSR count). The molecule has 0 spiro atoms. The second-order valence-electron chi connectivity index (χ2n) is 10.1. The molecule has 0 saturated heterocycles. The molecule has 7 nitrogen and oxygen atoms in total. The topological polar surface area (TPSA) is 153 Å². The van der Waals surface area contributed by atoms with Crippen molar-refractivity contribution in [2.24, 2.45) is 0 Å². The van der Waals surface area contributed by atoms with E-state index in [1.54, 1.807) is 121 Å². The molecule has 0 bridgehead atoms. The van der Waals surface area contributed by atoms with Gasteiger partial charge < -0.3 is 36.1 Å². The number of hydrogen-bond donors (Lipinski definition) is 6. The molecule has 0 aliphatic rings. The van der Waals surface area contributed by atoms with E-state index in [2.05, 4.69) is 13.8 Å². The zero-order valence-electron chi connectivity index (χ0n) is 26.8. The van der Waals surface area contributed by atoms with E-state index in [0.717, 1.165) is 11.1 Å². The van der Waals surface area contributed by atoms with Gasteiger partial charge in [-0.15, -0.1) is 0 Å². The van der Waals surface area contributed by atoms with Gasteiger partial charge in [0, 0.05) is 48.9 Å². The van der Waals surface area contributed by atoms with Crippen LogP contribution in [0.15, 0.2) is 170 Å². The van der Waals surface area contributed by atoms with Crippen molar-refractivity contribution >= 4 is 0 Å². The predicted molar refractivity (Wildman–Crippen MR) is 184 cm³/mol. The Morgan fingerprint density at radius 1 is 0.292 bits per heavy atom. The van der Waals surface area contributed by atoms with E-state index in [1.807, 2.05) is 48.5 Å². The van der Waals surface area contributed by atoms with Crippen molar-refractivity contribution in [2.45, 2.75) is 19.3 Å². The molecular formula is C39H42O7Ti2. The summed E-state index contributed by atoms with van der Waals surface area (Å²) in [6.45, 7) is 4.23. The number of phenolic OH excluding ortho intramolecular Hbond substituents is 6.